The molecule has 8 nitrogen and oxygen atoms in total. The number of methoxy groups -OCH3 is 1. The van der Waals surface area contributed by atoms with Crippen molar-refractivity contribution in [2.75, 3.05) is 12.4 Å². The Morgan fingerprint density at radius 2 is 1.59 bits per heavy atom. The van der Waals surface area contributed by atoms with Crippen LogP contribution in [-0.4, -0.2) is 36.7 Å². The summed E-state index contributed by atoms with van der Waals surface area (Å²) >= 11 is 0. The summed E-state index contributed by atoms with van der Waals surface area (Å²) < 4.78 is 62.2. The van der Waals surface area contributed by atoms with E-state index in [0.717, 1.165) is 24.8 Å². The molecule has 1 N–H and O–H groups in total. The van der Waals surface area contributed by atoms with Gasteiger partial charge in [0.2, 0.25) is 0 Å². The van der Waals surface area contributed by atoms with Crippen molar-refractivity contribution in [3.8, 4) is 11.5 Å². The van der Waals surface area contributed by atoms with Crippen molar-refractivity contribution < 1.29 is 46.5 Å². The molecule has 0 fully saturated rings. The van der Waals surface area contributed by atoms with E-state index in [-0.39, 0.29) is 29.2 Å². The maximum Gasteiger partial charge on any atom is 0.420 e. The predicted molar refractivity (Wildman–Crippen MR) is 144 cm³/mol. The molecule has 0 radical (unpaired) electrons. The number of carbonyl (C=O) groups is 3. The molecule has 0 bridgehead atoms. The highest BCUT2D eigenvalue weighted by Gasteiger charge is 2.36. The lowest BCUT2D eigenvalue weighted by atomic mass is 10.1. The Kier molecular flexibility index (Phi) is 9.64. The molecule has 3 aromatic carbocycles. The van der Waals surface area contributed by atoms with Gasteiger partial charge in [-0.2, -0.15) is 13.2 Å². The number of nitrogens with one attached hydrogen (secondary N) is 1. The van der Waals surface area contributed by atoms with Gasteiger partial charge < -0.3 is 24.3 Å². The van der Waals surface area contributed by atoms with Gasteiger partial charge in [0.25, 0.3) is 0 Å². The lowest BCUT2D eigenvalue weighted by molar-refractivity contribution is -0.145. The number of rotatable bonds is 9. The van der Waals surface area contributed by atoms with Gasteiger partial charge in [-0.25, -0.2) is 14.4 Å². The summed E-state index contributed by atoms with van der Waals surface area (Å²) in [6.07, 6.45) is -4.86. The van der Waals surface area contributed by atoms with Gasteiger partial charge in [-0.3, -0.25) is 0 Å². The molecule has 0 aliphatic carbocycles. The van der Waals surface area contributed by atoms with E-state index in [1.165, 1.54) is 25.1 Å². The van der Waals surface area contributed by atoms with Crippen LogP contribution in [0.1, 0.15) is 59.5 Å². The number of hydrogen-bond acceptors (Lipinski definition) is 8. The lowest BCUT2D eigenvalue weighted by Gasteiger charge is -2.22. The predicted octanol–water partition coefficient (Wildman–Crippen LogP) is 6.78. The molecule has 3 rings (SSSR count). The van der Waals surface area contributed by atoms with Gasteiger partial charge in [0.15, 0.2) is 0 Å². The van der Waals surface area contributed by atoms with E-state index in [0.29, 0.717) is 6.07 Å². The van der Waals surface area contributed by atoms with Crippen LogP contribution < -0.4 is 10.1 Å². The summed E-state index contributed by atoms with van der Waals surface area (Å²) in [7, 11) is 1.05. The quantitative estimate of drug-likeness (QED) is 0.221. The van der Waals surface area contributed by atoms with Gasteiger partial charge in [-0.1, -0.05) is 30.3 Å². The first-order valence-corrected chi connectivity index (χ1v) is 12.5. The molecule has 41 heavy (non-hydrogen) atoms. The number of hydrogen-bond donors (Lipinski definition) is 1. The van der Waals surface area contributed by atoms with E-state index in [4.69, 9.17) is 14.2 Å². The van der Waals surface area contributed by atoms with Gasteiger partial charge >= 0.3 is 24.1 Å². The largest absolute Gasteiger partial charge is 0.465 e. The summed E-state index contributed by atoms with van der Waals surface area (Å²) in [5.74, 6) is -3.05. The molecule has 218 valence electrons. The van der Waals surface area contributed by atoms with Crippen molar-refractivity contribution in [1.82, 2.24) is 0 Å². The Morgan fingerprint density at radius 3 is 2.20 bits per heavy atom. The second-order valence-electron chi connectivity index (χ2n) is 9.97. The van der Waals surface area contributed by atoms with Crippen LogP contribution in [0.15, 0.2) is 66.7 Å². The molecule has 0 spiro atoms. The van der Waals surface area contributed by atoms with Crippen LogP contribution in [0, 0.1) is 0 Å². The van der Waals surface area contributed by atoms with Crippen LogP contribution >= 0.6 is 0 Å². The summed E-state index contributed by atoms with van der Waals surface area (Å²) in [6, 6.07) is 14.8. The highest BCUT2D eigenvalue weighted by Crippen LogP contribution is 2.39. The number of halogens is 3. The monoisotopic (exact) mass is 573 g/mol. The third-order valence-electron chi connectivity index (χ3n) is 5.49. The van der Waals surface area contributed by atoms with E-state index < -0.39 is 47.0 Å². The molecule has 0 saturated carbocycles. The zero-order chi connectivity index (χ0) is 30.4. The molecule has 11 heteroatoms. The van der Waals surface area contributed by atoms with E-state index in [1.807, 2.05) is 18.2 Å². The van der Waals surface area contributed by atoms with Crippen molar-refractivity contribution in [3.05, 3.63) is 89.0 Å². The Labute approximate surface area is 235 Å². The Bertz CT molecular complexity index is 1400. The number of benzene rings is 3. The molecule has 0 aliphatic rings. The first-order valence-electron chi connectivity index (χ1n) is 12.5. The standard InChI is InChI=1S/C30H30F3NO7/c1-18(26(35)39-17-19-9-7-6-8-10-19)34-24-13-12-21(16-22(24)28(37)41-29(2,3)4)40-25-14-11-20(27(36)38-5)15-23(25)30(31,32)33/h6-16,18,34H,17H2,1-5H3/t18-/m0/s1. The molecule has 0 saturated heterocycles. The number of carbonyl (C=O) groups excluding carboxylic acids is 3. The van der Waals surface area contributed by atoms with Crippen molar-refractivity contribution in [2.24, 2.45) is 0 Å². The molecule has 3 aromatic rings. The summed E-state index contributed by atoms with van der Waals surface area (Å²) in [4.78, 5) is 37.4. The third kappa shape index (κ3) is 8.72. The van der Waals surface area contributed by atoms with Gasteiger partial charge in [0.05, 0.1) is 23.8 Å². The minimum Gasteiger partial charge on any atom is -0.465 e. The third-order valence-corrected chi connectivity index (χ3v) is 5.49. The highest BCUT2D eigenvalue weighted by atomic mass is 19.4. The maximum atomic E-state index is 13.8. The normalized spacial score (nSPS) is 12.2. The topological polar surface area (TPSA) is 100 Å². The van der Waals surface area contributed by atoms with Gasteiger partial charge in [-0.15, -0.1) is 0 Å². The maximum absolute atomic E-state index is 13.8. The van der Waals surface area contributed by atoms with Crippen molar-refractivity contribution >= 4 is 23.6 Å². The molecule has 0 unspecified atom stereocenters. The van der Waals surface area contributed by atoms with E-state index >= 15 is 0 Å². The second-order valence-corrected chi connectivity index (χ2v) is 9.97. The molecule has 0 heterocycles. The summed E-state index contributed by atoms with van der Waals surface area (Å²) in [5, 5.41) is 2.90. The minimum atomic E-state index is -4.86. The van der Waals surface area contributed by atoms with Gasteiger partial charge in [-0.05, 0) is 69.7 Å². The average molecular weight is 574 g/mol. The molecule has 0 aromatic heterocycles. The van der Waals surface area contributed by atoms with Crippen molar-refractivity contribution in [2.45, 2.75) is 52.1 Å². The highest BCUT2D eigenvalue weighted by molar-refractivity contribution is 5.97. The molecular formula is C30H30F3NO7. The van der Waals surface area contributed by atoms with Crippen LogP contribution in [0.4, 0.5) is 18.9 Å². The van der Waals surface area contributed by atoms with Crippen LogP contribution in [0.2, 0.25) is 0 Å². The fourth-order valence-electron chi connectivity index (χ4n) is 3.57. The first-order chi connectivity index (χ1) is 19.2. The van der Waals surface area contributed by atoms with Crippen molar-refractivity contribution in [1.29, 1.82) is 0 Å². The smallest absolute Gasteiger partial charge is 0.420 e. The fraction of sp³-hybridized carbons (Fsp3) is 0.300. The van der Waals surface area contributed by atoms with Crippen LogP contribution in [0.5, 0.6) is 11.5 Å². The van der Waals surface area contributed by atoms with Crippen molar-refractivity contribution in [3.63, 3.8) is 0 Å². The van der Waals surface area contributed by atoms with E-state index in [1.54, 1.807) is 32.9 Å². The number of ether oxygens (including phenoxy) is 4. The molecule has 0 amide bonds. The van der Waals surface area contributed by atoms with Crippen LogP contribution in [0.25, 0.3) is 0 Å². The zero-order valence-electron chi connectivity index (χ0n) is 23.1. The average Bonchev–Trinajstić information content (AvgIpc) is 2.91. The van der Waals surface area contributed by atoms with Crippen LogP contribution in [0.3, 0.4) is 0 Å². The number of alkyl halides is 3. The van der Waals surface area contributed by atoms with E-state index in [2.05, 4.69) is 10.1 Å². The Morgan fingerprint density at radius 1 is 0.902 bits per heavy atom. The summed E-state index contributed by atoms with van der Waals surface area (Å²) in [6.45, 7) is 6.55. The lowest BCUT2D eigenvalue weighted by Crippen LogP contribution is -2.30. The fourth-order valence-corrected chi connectivity index (χ4v) is 3.57. The Hall–Kier alpha value is -4.54. The Balaban J connectivity index is 1.90. The first kappa shape index (κ1) is 31.0. The van der Waals surface area contributed by atoms with Crippen LogP contribution in [-0.2, 0) is 31.8 Å². The second kappa shape index (κ2) is 12.8. The SMILES string of the molecule is COC(=O)c1ccc(Oc2ccc(N[C@@H](C)C(=O)OCc3ccccc3)c(C(=O)OC(C)(C)C)c2)c(C(F)(F)F)c1. The zero-order valence-corrected chi connectivity index (χ0v) is 23.1. The molecular weight excluding hydrogens is 543 g/mol. The summed E-state index contributed by atoms with van der Waals surface area (Å²) in [5.41, 5.74) is -1.53. The number of anilines is 1. The van der Waals surface area contributed by atoms with E-state index in [9.17, 15) is 27.6 Å². The van der Waals surface area contributed by atoms with Gasteiger partial charge in [0, 0.05) is 5.69 Å². The molecule has 0 aliphatic heterocycles. The minimum absolute atomic E-state index is 0.0493. The van der Waals surface area contributed by atoms with Gasteiger partial charge in [0.1, 0.15) is 29.7 Å². The number of esters is 3. The molecule has 1 atom stereocenters.